The minimum absolute atomic E-state index is 0.0143. The molecule has 0 spiro atoms. The van der Waals surface area contributed by atoms with Crippen molar-refractivity contribution in [1.29, 1.82) is 0 Å². The van der Waals surface area contributed by atoms with Crippen LogP contribution in [-0.2, 0) is 32.7 Å². The van der Waals surface area contributed by atoms with Gasteiger partial charge in [0.2, 0.25) is 0 Å². The molecule has 2 aliphatic heterocycles. The van der Waals surface area contributed by atoms with Crippen molar-refractivity contribution in [1.82, 2.24) is 10.2 Å². The van der Waals surface area contributed by atoms with Crippen LogP contribution in [0.1, 0.15) is 88.0 Å². The van der Waals surface area contributed by atoms with Gasteiger partial charge in [-0.15, -0.1) is 0 Å². The van der Waals surface area contributed by atoms with E-state index in [1.165, 1.54) is 19.1 Å². The number of methoxy groups -OCH3 is 2. The van der Waals surface area contributed by atoms with Gasteiger partial charge in [0.25, 0.3) is 0 Å². The van der Waals surface area contributed by atoms with E-state index in [1.54, 1.807) is 20.8 Å². The molecule has 0 bridgehead atoms. The van der Waals surface area contributed by atoms with Crippen LogP contribution >= 0.6 is 0 Å². The summed E-state index contributed by atoms with van der Waals surface area (Å²) in [6.07, 6.45) is 1.65. The molecule has 0 aromatic rings. The van der Waals surface area contributed by atoms with Gasteiger partial charge >= 0.3 is 18.0 Å². The number of carbonyl (C=O) groups is 3. The van der Waals surface area contributed by atoms with Crippen molar-refractivity contribution in [3.05, 3.63) is 0 Å². The molecule has 12 nitrogen and oxygen atoms in total. The van der Waals surface area contributed by atoms with Crippen molar-refractivity contribution in [3.8, 4) is 0 Å². The molecule has 0 unspecified atom stereocenters. The molecule has 14 heteroatoms. The molecular formula is C33H68N4O8Si2. The summed E-state index contributed by atoms with van der Waals surface area (Å²) >= 11 is 0. The zero-order chi connectivity index (χ0) is 36.8. The first-order chi connectivity index (χ1) is 21.3. The molecule has 2 fully saturated rings. The van der Waals surface area contributed by atoms with E-state index in [1.807, 2.05) is 0 Å². The van der Waals surface area contributed by atoms with Crippen LogP contribution in [0.4, 0.5) is 4.79 Å². The fourth-order valence-corrected chi connectivity index (χ4v) is 8.01. The number of likely N-dealkylation sites (tertiary alicyclic amines) is 1. The SMILES string of the molecule is COC(=O)[C@@H]1C[C@@H](O[Si](C)(C)C(C)(C)C)[C@@H](CCN)N1.COC(=O)[C@@H]1C[C@@H](O[Si](C)(C)C(C)(C)C)[C@@H](CCN)N1C(=O)OC(C)(C)C. The van der Waals surface area contributed by atoms with Gasteiger partial charge in [-0.05, 0) is 89.4 Å². The standard InChI is InChI=1S/C19H38N2O5Si.C14H30N2O3Si/c1-18(2,3)25-17(23)21-13(10-11-20)15(12-14(21)16(22)24-7)26-27(8,9)19(4,5)6;1-14(2,3)20(5,6)19-12-9-11(13(17)18-4)16-10(12)7-8-15/h13-15H,10-12,20H2,1-9H3;10-12,16H,7-9,15H2,1-6H3/t13-,14+,15-;10-,11+,12-/m11/s1. The van der Waals surface area contributed by atoms with Crippen LogP contribution in [0.2, 0.25) is 36.3 Å². The molecule has 5 N–H and O–H groups in total. The third kappa shape index (κ3) is 12.1. The predicted molar refractivity (Wildman–Crippen MR) is 191 cm³/mol. The molecule has 2 rings (SSSR count). The Balaban J connectivity index is 0.000000491. The van der Waals surface area contributed by atoms with Crippen molar-refractivity contribution in [2.75, 3.05) is 27.3 Å². The van der Waals surface area contributed by atoms with Gasteiger partial charge in [0.15, 0.2) is 16.6 Å². The molecular weight excluding hydrogens is 637 g/mol. The topological polar surface area (TPSA) is 165 Å². The molecule has 2 heterocycles. The highest BCUT2D eigenvalue weighted by Crippen LogP contribution is 2.42. The number of ether oxygens (including phenoxy) is 3. The maximum absolute atomic E-state index is 12.9. The van der Waals surface area contributed by atoms with Crippen LogP contribution in [-0.4, -0.2) is 109 Å². The zero-order valence-electron chi connectivity index (χ0n) is 32.1. The Morgan fingerprint density at radius 3 is 1.62 bits per heavy atom. The average Bonchev–Trinajstić information content (AvgIpc) is 3.47. The lowest BCUT2D eigenvalue weighted by Crippen LogP contribution is -2.51. The first kappa shape index (κ1) is 43.5. The highest BCUT2D eigenvalue weighted by atomic mass is 28.4. The van der Waals surface area contributed by atoms with Crippen molar-refractivity contribution in [2.24, 2.45) is 11.5 Å². The van der Waals surface area contributed by atoms with Crippen molar-refractivity contribution in [2.45, 2.75) is 166 Å². The van der Waals surface area contributed by atoms with Crippen LogP contribution in [0.5, 0.6) is 0 Å². The van der Waals surface area contributed by atoms with Gasteiger partial charge in [-0.1, -0.05) is 41.5 Å². The third-order valence-electron chi connectivity index (χ3n) is 9.92. The summed E-state index contributed by atoms with van der Waals surface area (Å²) in [5.41, 5.74) is 10.8. The molecule has 0 aromatic carbocycles. The number of hydrogen-bond donors (Lipinski definition) is 3. The van der Waals surface area contributed by atoms with Crippen LogP contribution in [0.15, 0.2) is 0 Å². The Kier molecular flexibility index (Phi) is 15.6. The van der Waals surface area contributed by atoms with Crippen molar-refractivity contribution < 1.29 is 37.4 Å². The number of esters is 2. The van der Waals surface area contributed by atoms with Crippen molar-refractivity contribution in [3.63, 3.8) is 0 Å². The highest BCUT2D eigenvalue weighted by molar-refractivity contribution is 6.74. The lowest BCUT2D eigenvalue weighted by Gasteiger charge is -2.40. The molecule has 2 aliphatic rings. The summed E-state index contributed by atoms with van der Waals surface area (Å²) in [5, 5.41) is 3.48. The molecule has 0 radical (unpaired) electrons. The number of nitrogens with two attached hydrogens (primary N) is 2. The first-order valence-electron chi connectivity index (χ1n) is 17.0. The monoisotopic (exact) mass is 704 g/mol. The summed E-state index contributed by atoms with van der Waals surface area (Å²) in [6, 6.07) is -1.18. The lowest BCUT2D eigenvalue weighted by atomic mass is 10.1. The smallest absolute Gasteiger partial charge is 0.411 e. The molecule has 2 saturated heterocycles. The van der Waals surface area contributed by atoms with Crippen LogP contribution in [0.25, 0.3) is 0 Å². The van der Waals surface area contributed by atoms with Gasteiger partial charge in [0, 0.05) is 12.5 Å². The van der Waals surface area contributed by atoms with E-state index >= 15 is 0 Å². The first-order valence-corrected chi connectivity index (χ1v) is 22.8. The van der Waals surface area contributed by atoms with Gasteiger partial charge in [0.1, 0.15) is 17.7 Å². The second-order valence-corrected chi connectivity index (χ2v) is 26.3. The minimum atomic E-state index is -2.10. The van der Waals surface area contributed by atoms with Crippen molar-refractivity contribution >= 4 is 34.7 Å². The van der Waals surface area contributed by atoms with Gasteiger partial charge in [-0.2, -0.15) is 0 Å². The number of nitrogens with one attached hydrogen (secondary N) is 1. The Labute approximate surface area is 286 Å². The lowest BCUT2D eigenvalue weighted by molar-refractivity contribution is -0.146. The maximum Gasteiger partial charge on any atom is 0.411 e. The number of rotatable bonds is 10. The third-order valence-corrected chi connectivity index (χ3v) is 18.9. The van der Waals surface area contributed by atoms with Crippen LogP contribution in [0.3, 0.4) is 0 Å². The average molecular weight is 705 g/mol. The molecule has 47 heavy (non-hydrogen) atoms. The van der Waals surface area contributed by atoms with E-state index in [0.717, 1.165) is 6.42 Å². The summed E-state index contributed by atoms with van der Waals surface area (Å²) in [6.45, 7) is 28.3. The van der Waals surface area contributed by atoms with E-state index < -0.39 is 40.3 Å². The van der Waals surface area contributed by atoms with E-state index in [4.69, 9.17) is 34.5 Å². The number of hydrogen-bond acceptors (Lipinski definition) is 11. The molecule has 1 amide bonds. The molecule has 0 aliphatic carbocycles. The summed E-state index contributed by atoms with van der Waals surface area (Å²) in [4.78, 5) is 38.5. The van der Waals surface area contributed by atoms with Gasteiger partial charge < -0.3 is 34.5 Å². The zero-order valence-corrected chi connectivity index (χ0v) is 34.1. The van der Waals surface area contributed by atoms with Gasteiger partial charge in [-0.25, -0.2) is 9.59 Å². The second-order valence-electron chi connectivity index (χ2n) is 16.8. The number of amides is 1. The molecule has 0 aromatic heterocycles. The summed E-state index contributed by atoms with van der Waals surface area (Å²) in [5.74, 6) is -0.669. The van der Waals surface area contributed by atoms with E-state index in [2.05, 4.69) is 73.0 Å². The Hall–Kier alpha value is -1.56. The number of nitrogens with zero attached hydrogens (tertiary/aromatic N) is 1. The number of carbonyl (C=O) groups excluding carboxylic acids is 3. The van der Waals surface area contributed by atoms with Crippen LogP contribution < -0.4 is 16.8 Å². The van der Waals surface area contributed by atoms with E-state index in [9.17, 15) is 14.4 Å². The van der Waals surface area contributed by atoms with E-state index in [0.29, 0.717) is 32.4 Å². The second kappa shape index (κ2) is 16.9. The largest absolute Gasteiger partial charge is 0.468 e. The minimum Gasteiger partial charge on any atom is -0.468 e. The molecule has 6 atom stereocenters. The maximum atomic E-state index is 12.9. The molecule has 0 saturated carbocycles. The normalized spacial score (nSPS) is 25.6. The Bertz CT molecular complexity index is 1040. The Morgan fingerprint density at radius 2 is 1.21 bits per heavy atom. The fourth-order valence-electron chi connectivity index (χ4n) is 5.27. The van der Waals surface area contributed by atoms with Gasteiger partial charge in [-0.3, -0.25) is 15.0 Å². The fraction of sp³-hybridized carbons (Fsp3) is 0.909. The Morgan fingerprint density at radius 1 is 0.745 bits per heavy atom. The summed E-state index contributed by atoms with van der Waals surface area (Å²) < 4.78 is 28.4. The van der Waals surface area contributed by atoms with Gasteiger partial charge in [0.05, 0.1) is 32.5 Å². The molecule has 276 valence electrons. The highest BCUT2D eigenvalue weighted by Gasteiger charge is 2.52. The predicted octanol–water partition coefficient (Wildman–Crippen LogP) is 4.91. The van der Waals surface area contributed by atoms with E-state index in [-0.39, 0.29) is 46.4 Å². The summed E-state index contributed by atoms with van der Waals surface area (Å²) in [7, 11) is -1.20. The quantitative estimate of drug-likeness (QED) is 0.161. The van der Waals surface area contributed by atoms with Crippen LogP contribution in [0, 0.1) is 0 Å².